The van der Waals surface area contributed by atoms with Gasteiger partial charge in [-0.25, -0.2) is 17.5 Å². The minimum atomic E-state index is -3.84. The lowest BCUT2D eigenvalue weighted by atomic mass is 10.1. The summed E-state index contributed by atoms with van der Waals surface area (Å²) in [5.41, 5.74) is 1.05. The highest BCUT2D eigenvalue weighted by molar-refractivity contribution is 7.89. The van der Waals surface area contributed by atoms with Gasteiger partial charge in [0.1, 0.15) is 5.82 Å². The lowest BCUT2D eigenvalue weighted by Crippen LogP contribution is -2.32. The van der Waals surface area contributed by atoms with Gasteiger partial charge in [-0.2, -0.15) is 15.0 Å². The topological polar surface area (TPSA) is 76.9 Å². The third-order valence-electron chi connectivity index (χ3n) is 3.75. The van der Waals surface area contributed by atoms with Gasteiger partial charge < -0.3 is 0 Å². The van der Waals surface area contributed by atoms with E-state index < -0.39 is 21.9 Å². The molecule has 25 heavy (non-hydrogen) atoms. The van der Waals surface area contributed by atoms with Gasteiger partial charge in [-0.05, 0) is 36.2 Å². The van der Waals surface area contributed by atoms with Crippen LogP contribution in [0.2, 0.25) is 0 Å². The Morgan fingerprint density at radius 1 is 1.12 bits per heavy atom. The summed E-state index contributed by atoms with van der Waals surface area (Å²) >= 11 is 0. The Hall–Kier alpha value is -2.58. The van der Waals surface area contributed by atoms with Crippen LogP contribution in [-0.4, -0.2) is 23.4 Å². The van der Waals surface area contributed by atoms with E-state index in [2.05, 4.69) is 14.9 Å². The molecule has 130 valence electrons. The molecule has 1 atom stereocenters. The lowest BCUT2D eigenvalue weighted by Gasteiger charge is -2.19. The van der Waals surface area contributed by atoms with E-state index in [0.717, 1.165) is 11.6 Å². The fourth-order valence-corrected chi connectivity index (χ4v) is 3.74. The summed E-state index contributed by atoms with van der Waals surface area (Å²) in [6.07, 6.45) is 3.06. The zero-order valence-electron chi connectivity index (χ0n) is 13.5. The number of hydrogen-bond acceptors (Lipinski definition) is 4. The smallest absolute Gasteiger partial charge is 0.207 e. The zero-order valence-corrected chi connectivity index (χ0v) is 14.3. The molecule has 0 amide bonds. The number of hydrogen-bond donors (Lipinski definition) is 1. The van der Waals surface area contributed by atoms with E-state index in [1.165, 1.54) is 36.2 Å². The van der Waals surface area contributed by atoms with Gasteiger partial charge in [0.2, 0.25) is 10.0 Å². The van der Waals surface area contributed by atoms with Gasteiger partial charge in [-0.15, -0.1) is 0 Å². The minimum absolute atomic E-state index is 0.0146. The summed E-state index contributed by atoms with van der Waals surface area (Å²) < 4.78 is 41.5. The zero-order chi connectivity index (χ0) is 17.9. The maximum atomic E-state index is 13.4. The van der Waals surface area contributed by atoms with Crippen LogP contribution in [0.15, 0.2) is 65.8 Å². The second kappa shape index (κ2) is 7.12. The maximum Gasteiger partial charge on any atom is 0.241 e. The number of benzene rings is 2. The van der Waals surface area contributed by atoms with E-state index in [9.17, 15) is 12.8 Å². The van der Waals surface area contributed by atoms with Gasteiger partial charge in [0.25, 0.3) is 0 Å². The molecule has 0 saturated heterocycles. The van der Waals surface area contributed by atoms with Crippen LogP contribution in [0.3, 0.4) is 0 Å². The molecule has 0 aliphatic rings. The SMILES string of the molecule is Cc1cc(S(=O)(=O)NC(Cn2nccn2)c2ccccc2)ccc1F. The molecule has 0 fully saturated rings. The molecule has 3 rings (SSSR count). The molecular formula is C17H17FN4O2S. The second-order valence-electron chi connectivity index (χ2n) is 5.58. The summed E-state index contributed by atoms with van der Waals surface area (Å²) in [5.74, 6) is -0.445. The van der Waals surface area contributed by atoms with E-state index in [1.807, 2.05) is 30.3 Å². The van der Waals surface area contributed by atoms with Crippen LogP contribution < -0.4 is 4.72 Å². The van der Waals surface area contributed by atoms with Crippen molar-refractivity contribution in [3.63, 3.8) is 0 Å². The molecule has 2 aromatic carbocycles. The summed E-state index contributed by atoms with van der Waals surface area (Å²) in [7, 11) is -3.84. The highest BCUT2D eigenvalue weighted by Gasteiger charge is 2.23. The predicted molar refractivity (Wildman–Crippen MR) is 90.7 cm³/mol. The van der Waals surface area contributed by atoms with Gasteiger partial charge in [0.05, 0.1) is 29.9 Å². The summed E-state index contributed by atoms with van der Waals surface area (Å²) in [5, 5.41) is 8.06. The van der Waals surface area contributed by atoms with Crippen LogP contribution >= 0.6 is 0 Å². The van der Waals surface area contributed by atoms with Crippen molar-refractivity contribution in [1.82, 2.24) is 19.7 Å². The van der Waals surface area contributed by atoms with Crippen molar-refractivity contribution in [2.24, 2.45) is 0 Å². The third-order valence-corrected chi connectivity index (χ3v) is 5.22. The van der Waals surface area contributed by atoms with Crippen LogP contribution in [0.4, 0.5) is 4.39 Å². The molecular weight excluding hydrogens is 343 g/mol. The van der Waals surface area contributed by atoms with Crippen molar-refractivity contribution >= 4 is 10.0 Å². The predicted octanol–water partition coefficient (Wildman–Crippen LogP) is 2.45. The molecule has 3 aromatic rings. The number of halogens is 1. The van der Waals surface area contributed by atoms with Crippen molar-refractivity contribution in [2.45, 2.75) is 24.4 Å². The van der Waals surface area contributed by atoms with Crippen LogP contribution in [0.5, 0.6) is 0 Å². The van der Waals surface area contributed by atoms with Crippen molar-refractivity contribution < 1.29 is 12.8 Å². The Bertz CT molecular complexity index is 944. The van der Waals surface area contributed by atoms with E-state index in [4.69, 9.17) is 0 Å². The van der Waals surface area contributed by atoms with Crippen LogP contribution in [-0.2, 0) is 16.6 Å². The molecule has 1 unspecified atom stereocenters. The Labute approximate surface area is 145 Å². The number of aryl methyl sites for hydroxylation is 1. The van der Waals surface area contributed by atoms with Crippen molar-refractivity contribution in [3.8, 4) is 0 Å². The first-order valence-corrected chi connectivity index (χ1v) is 9.11. The number of rotatable bonds is 6. The molecule has 0 aliphatic heterocycles. The molecule has 0 bridgehead atoms. The van der Waals surface area contributed by atoms with E-state index in [1.54, 1.807) is 0 Å². The Balaban J connectivity index is 1.92. The molecule has 1 N–H and O–H groups in total. The average molecular weight is 360 g/mol. The second-order valence-corrected chi connectivity index (χ2v) is 7.29. The van der Waals surface area contributed by atoms with Gasteiger partial charge in [-0.3, -0.25) is 0 Å². The molecule has 1 aromatic heterocycles. The molecule has 1 heterocycles. The lowest BCUT2D eigenvalue weighted by molar-refractivity contribution is 0.444. The number of sulfonamides is 1. The number of nitrogens with one attached hydrogen (secondary N) is 1. The third kappa shape index (κ3) is 4.09. The van der Waals surface area contributed by atoms with E-state index in [0.29, 0.717) is 0 Å². The van der Waals surface area contributed by atoms with E-state index >= 15 is 0 Å². The summed E-state index contributed by atoms with van der Waals surface area (Å²) in [6, 6.07) is 12.3. The number of aromatic nitrogens is 3. The Morgan fingerprint density at radius 3 is 2.44 bits per heavy atom. The first-order chi connectivity index (χ1) is 12.0. The fraction of sp³-hybridized carbons (Fsp3) is 0.176. The Morgan fingerprint density at radius 2 is 1.80 bits per heavy atom. The standard InChI is InChI=1S/C17H17FN4O2S/c1-13-11-15(7-8-16(13)18)25(23,24)21-17(12-22-19-9-10-20-22)14-5-3-2-4-6-14/h2-11,17,21H,12H2,1H3. The molecule has 0 spiro atoms. The van der Waals surface area contributed by atoms with Crippen molar-refractivity contribution in [2.75, 3.05) is 0 Å². The molecule has 0 radical (unpaired) electrons. The van der Waals surface area contributed by atoms with Crippen molar-refractivity contribution in [1.29, 1.82) is 0 Å². The molecule has 0 saturated carbocycles. The van der Waals surface area contributed by atoms with Crippen LogP contribution in [0, 0.1) is 12.7 Å². The first-order valence-electron chi connectivity index (χ1n) is 7.63. The summed E-state index contributed by atoms with van der Waals surface area (Å²) in [4.78, 5) is 1.43. The number of nitrogens with zero attached hydrogens (tertiary/aromatic N) is 3. The van der Waals surface area contributed by atoms with Gasteiger partial charge in [-0.1, -0.05) is 30.3 Å². The maximum absolute atomic E-state index is 13.4. The first kappa shape index (κ1) is 17.2. The summed E-state index contributed by atoms with van der Waals surface area (Å²) in [6.45, 7) is 1.76. The van der Waals surface area contributed by atoms with Gasteiger partial charge >= 0.3 is 0 Å². The highest BCUT2D eigenvalue weighted by atomic mass is 32.2. The van der Waals surface area contributed by atoms with Crippen molar-refractivity contribution in [3.05, 3.63) is 77.9 Å². The van der Waals surface area contributed by atoms with Gasteiger partial charge in [0, 0.05) is 0 Å². The quantitative estimate of drug-likeness (QED) is 0.732. The monoisotopic (exact) mass is 360 g/mol. The van der Waals surface area contributed by atoms with Crippen LogP contribution in [0.25, 0.3) is 0 Å². The largest absolute Gasteiger partial charge is 0.241 e. The Kier molecular flexibility index (Phi) is 4.91. The van der Waals surface area contributed by atoms with Gasteiger partial charge in [0.15, 0.2) is 0 Å². The van der Waals surface area contributed by atoms with E-state index in [-0.39, 0.29) is 17.0 Å². The van der Waals surface area contributed by atoms with Crippen LogP contribution in [0.1, 0.15) is 17.2 Å². The average Bonchev–Trinajstić information content (AvgIpc) is 3.10. The highest BCUT2D eigenvalue weighted by Crippen LogP contribution is 2.20. The molecule has 0 aliphatic carbocycles. The normalized spacial score (nSPS) is 12.9. The fourth-order valence-electron chi connectivity index (χ4n) is 2.44. The molecule has 6 nitrogen and oxygen atoms in total. The molecule has 8 heteroatoms. The minimum Gasteiger partial charge on any atom is -0.207 e.